The third kappa shape index (κ3) is 5.10. The highest BCUT2D eigenvalue weighted by molar-refractivity contribution is 6.33. The zero-order valence-corrected chi connectivity index (χ0v) is 12.3. The molecule has 21 heavy (non-hydrogen) atoms. The fraction of sp³-hybridized carbons (Fsp3) is 0.188. The van der Waals surface area contributed by atoms with Crippen LogP contribution in [0.2, 0.25) is 5.02 Å². The lowest BCUT2D eigenvalue weighted by molar-refractivity contribution is -0.117. The van der Waals surface area contributed by atoms with Gasteiger partial charge in [0, 0.05) is 5.69 Å². The first-order valence-corrected chi connectivity index (χ1v) is 6.99. The molecule has 0 fully saturated rings. The summed E-state index contributed by atoms with van der Waals surface area (Å²) in [7, 11) is 0. The molecule has 0 spiro atoms. The highest BCUT2D eigenvalue weighted by atomic mass is 35.5. The van der Waals surface area contributed by atoms with Gasteiger partial charge in [-0.05, 0) is 23.8 Å². The Kier molecular flexibility index (Phi) is 5.60. The molecule has 1 amide bonds. The minimum absolute atomic E-state index is 0.121. The van der Waals surface area contributed by atoms with Gasteiger partial charge in [0.15, 0.2) is 0 Å². The molecule has 110 valence electrons. The van der Waals surface area contributed by atoms with E-state index in [1.807, 2.05) is 30.3 Å². The van der Waals surface area contributed by atoms with E-state index < -0.39 is 0 Å². The van der Waals surface area contributed by atoms with Crippen molar-refractivity contribution in [1.82, 2.24) is 0 Å². The number of anilines is 2. The number of benzene rings is 2. The Balaban J connectivity index is 1.71. The standard InChI is InChI=1S/C16H17ClN2O2/c17-14-7-6-13(10-15(14)18)19-16(20)8-9-21-11-12-4-2-1-3-5-12/h1-7,10H,8-9,11,18H2,(H,19,20). The molecule has 0 saturated heterocycles. The Bertz CT molecular complexity index is 602. The summed E-state index contributed by atoms with van der Waals surface area (Å²) < 4.78 is 5.46. The summed E-state index contributed by atoms with van der Waals surface area (Å²) in [6.45, 7) is 0.867. The molecule has 0 unspecified atom stereocenters. The van der Waals surface area contributed by atoms with Crippen molar-refractivity contribution in [3.63, 3.8) is 0 Å². The van der Waals surface area contributed by atoms with Gasteiger partial charge in [-0.2, -0.15) is 0 Å². The average molecular weight is 305 g/mol. The Morgan fingerprint density at radius 3 is 2.67 bits per heavy atom. The lowest BCUT2D eigenvalue weighted by atomic mass is 10.2. The number of nitrogen functional groups attached to an aromatic ring is 1. The maximum Gasteiger partial charge on any atom is 0.226 e. The van der Waals surface area contributed by atoms with Gasteiger partial charge in [0.2, 0.25) is 5.91 Å². The average Bonchev–Trinajstić information content (AvgIpc) is 2.49. The normalized spacial score (nSPS) is 10.3. The van der Waals surface area contributed by atoms with Crippen LogP contribution in [-0.4, -0.2) is 12.5 Å². The first-order chi connectivity index (χ1) is 10.1. The number of nitrogens with two attached hydrogens (primary N) is 1. The molecule has 4 nitrogen and oxygen atoms in total. The van der Waals surface area contributed by atoms with E-state index in [2.05, 4.69) is 5.32 Å². The van der Waals surface area contributed by atoms with Crippen LogP contribution in [0.15, 0.2) is 48.5 Å². The molecule has 0 atom stereocenters. The van der Waals surface area contributed by atoms with Crippen molar-refractivity contribution in [3.05, 3.63) is 59.1 Å². The second-order valence-electron chi connectivity index (χ2n) is 4.57. The maximum absolute atomic E-state index is 11.8. The molecule has 2 aromatic carbocycles. The van der Waals surface area contributed by atoms with Crippen molar-refractivity contribution in [2.24, 2.45) is 0 Å². The predicted molar refractivity (Wildman–Crippen MR) is 85.2 cm³/mol. The Morgan fingerprint density at radius 1 is 1.19 bits per heavy atom. The second kappa shape index (κ2) is 7.67. The lowest BCUT2D eigenvalue weighted by Crippen LogP contribution is -2.14. The highest BCUT2D eigenvalue weighted by Gasteiger charge is 2.04. The van der Waals surface area contributed by atoms with Crippen LogP contribution in [-0.2, 0) is 16.1 Å². The van der Waals surface area contributed by atoms with Gasteiger partial charge < -0.3 is 15.8 Å². The van der Waals surface area contributed by atoms with Gasteiger partial charge in [0.1, 0.15) is 0 Å². The molecular weight excluding hydrogens is 288 g/mol. The number of hydrogen-bond donors (Lipinski definition) is 2. The van der Waals surface area contributed by atoms with E-state index in [-0.39, 0.29) is 12.3 Å². The van der Waals surface area contributed by atoms with Gasteiger partial charge in [-0.25, -0.2) is 0 Å². The molecular formula is C16H17ClN2O2. The first kappa shape index (κ1) is 15.4. The summed E-state index contributed by atoms with van der Waals surface area (Å²) >= 11 is 5.82. The predicted octanol–water partition coefficient (Wildman–Crippen LogP) is 3.47. The van der Waals surface area contributed by atoms with Gasteiger partial charge in [0.25, 0.3) is 0 Å². The van der Waals surface area contributed by atoms with Gasteiger partial charge in [-0.3, -0.25) is 4.79 Å². The van der Waals surface area contributed by atoms with Crippen molar-refractivity contribution >= 4 is 28.9 Å². The molecule has 0 aliphatic rings. The summed E-state index contributed by atoms with van der Waals surface area (Å²) in [4.78, 5) is 11.8. The third-order valence-corrected chi connectivity index (χ3v) is 3.21. The lowest BCUT2D eigenvalue weighted by Gasteiger charge is -2.07. The minimum Gasteiger partial charge on any atom is -0.397 e. The number of rotatable bonds is 6. The van der Waals surface area contributed by atoms with E-state index in [1.165, 1.54) is 0 Å². The van der Waals surface area contributed by atoms with E-state index in [1.54, 1.807) is 18.2 Å². The summed E-state index contributed by atoms with van der Waals surface area (Å²) in [5.41, 5.74) is 7.83. The largest absolute Gasteiger partial charge is 0.397 e. The molecule has 2 aromatic rings. The number of hydrogen-bond acceptors (Lipinski definition) is 3. The Morgan fingerprint density at radius 2 is 1.95 bits per heavy atom. The number of carbonyl (C=O) groups is 1. The van der Waals surface area contributed by atoms with Crippen molar-refractivity contribution in [1.29, 1.82) is 0 Å². The minimum atomic E-state index is -0.121. The molecule has 0 bridgehead atoms. The van der Waals surface area contributed by atoms with Crippen LogP contribution in [0, 0.1) is 0 Å². The van der Waals surface area contributed by atoms with Crippen molar-refractivity contribution in [2.75, 3.05) is 17.7 Å². The van der Waals surface area contributed by atoms with Crippen LogP contribution >= 0.6 is 11.6 Å². The van der Waals surface area contributed by atoms with Crippen LogP contribution in [0.4, 0.5) is 11.4 Å². The molecule has 2 rings (SSSR count). The van der Waals surface area contributed by atoms with E-state index in [0.29, 0.717) is 29.6 Å². The molecule has 0 heterocycles. The monoisotopic (exact) mass is 304 g/mol. The Hall–Kier alpha value is -2.04. The number of carbonyl (C=O) groups excluding carboxylic acids is 1. The van der Waals surface area contributed by atoms with Gasteiger partial charge >= 0.3 is 0 Å². The quantitative estimate of drug-likeness (QED) is 0.634. The highest BCUT2D eigenvalue weighted by Crippen LogP contribution is 2.22. The molecule has 5 heteroatoms. The zero-order chi connectivity index (χ0) is 15.1. The van der Waals surface area contributed by atoms with Crippen LogP contribution < -0.4 is 11.1 Å². The molecule has 0 radical (unpaired) electrons. The van der Waals surface area contributed by atoms with E-state index >= 15 is 0 Å². The van der Waals surface area contributed by atoms with Gasteiger partial charge in [0.05, 0.1) is 30.3 Å². The molecule has 0 aromatic heterocycles. The molecule has 0 saturated carbocycles. The third-order valence-electron chi connectivity index (χ3n) is 2.86. The van der Waals surface area contributed by atoms with Gasteiger partial charge in [-0.1, -0.05) is 41.9 Å². The smallest absolute Gasteiger partial charge is 0.226 e. The maximum atomic E-state index is 11.8. The van der Waals surface area contributed by atoms with E-state index in [9.17, 15) is 4.79 Å². The summed E-state index contributed by atoms with van der Waals surface area (Å²) in [6.07, 6.45) is 0.287. The van der Waals surface area contributed by atoms with Crippen LogP contribution in [0.3, 0.4) is 0 Å². The van der Waals surface area contributed by atoms with Crippen LogP contribution in [0.5, 0.6) is 0 Å². The SMILES string of the molecule is Nc1cc(NC(=O)CCOCc2ccccc2)ccc1Cl. The number of halogens is 1. The molecule has 0 aliphatic carbocycles. The van der Waals surface area contributed by atoms with Crippen molar-refractivity contribution in [3.8, 4) is 0 Å². The summed E-state index contributed by atoms with van der Waals surface area (Å²) in [5, 5.41) is 3.22. The number of nitrogens with one attached hydrogen (secondary N) is 1. The molecule has 0 aliphatic heterocycles. The number of amides is 1. The molecule has 3 N–H and O–H groups in total. The number of ether oxygens (including phenoxy) is 1. The first-order valence-electron chi connectivity index (χ1n) is 6.61. The Labute approximate surface area is 128 Å². The van der Waals surface area contributed by atoms with E-state index in [4.69, 9.17) is 22.1 Å². The van der Waals surface area contributed by atoms with Gasteiger partial charge in [-0.15, -0.1) is 0 Å². The topological polar surface area (TPSA) is 64.3 Å². The van der Waals surface area contributed by atoms with Crippen LogP contribution in [0.1, 0.15) is 12.0 Å². The summed E-state index contributed by atoms with van der Waals surface area (Å²) in [6, 6.07) is 14.8. The zero-order valence-electron chi connectivity index (χ0n) is 11.5. The summed E-state index contributed by atoms with van der Waals surface area (Å²) in [5.74, 6) is -0.121. The van der Waals surface area contributed by atoms with Crippen molar-refractivity contribution in [2.45, 2.75) is 13.0 Å². The fourth-order valence-corrected chi connectivity index (χ4v) is 1.89. The second-order valence-corrected chi connectivity index (χ2v) is 4.98. The fourth-order valence-electron chi connectivity index (χ4n) is 1.77. The van der Waals surface area contributed by atoms with Crippen molar-refractivity contribution < 1.29 is 9.53 Å². The van der Waals surface area contributed by atoms with E-state index in [0.717, 1.165) is 5.56 Å². The van der Waals surface area contributed by atoms with Crippen LogP contribution in [0.25, 0.3) is 0 Å².